The summed E-state index contributed by atoms with van der Waals surface area (Å²) in [5.74, 6) is 0. The fourth-order valence-corrected chi connectivity index (χ4v) is 3.58. The normalized spacial score (nSPS) is 20.3. The van der Waals surface area contributed by atoms with Crippen molar-refractivity contribution in [3.05, 3.63) is 40.2 Å². The zero-order chi connectivity index (χ0) is 14.8. The number of likely N-dealkylation sites (N-methyl/N-ethyl adjacent to an activating group) is 2. The Kier molecular flexibility index (Phi) is 4.02. The Bertz CT molecular complexity index is 673. The molecule has 0 N–H and O–H groups in total. The largest absolute Gasteiger partial charge is 0.303 e. The Morgan fingerprint density at radius 2 is 2.19 bits per heavy atom. The third-order valence-corrected chi connectivity index (χ3v) is 4.89. The van der Waals surface area contributed by atoms with Crippen LogP contribution in [0.15, 0.2) is 29.6 Å². The van der Waals surface area contributed by atoms with Gasteiger partial charge in [-0.2, -0.15) is 5.26 Å². The number of hydrogen-bond donors (Lipinski definition) is 0. The minimum absolute atomic E-state index is 0.363. The molecule has 0 radical (unpaired) electrons. The summed E-state index contributed by atoms with van der Waals surface area (Å²) < 4.78 is 0. The summed E-state index contributed by atoms with van der Waals surface area (Å²) in [5, 5.41) is 12.2. The van der Waals surface area contributed by atoms with E-state index in [0.29, 0.717) is 11.6 Å². The molecule has 2 aromatic rings. The maximum absolute atomic E-state index is 9.00. The zero-order valence-corrected chi connectivity index (χ0v) is 13.1. The number of hydrogen-bond acceptors (Lipinski definition) is 5. The van der Waals surface area contributed by atoms with E-state index in [-0.39, 0.29) is 0 Å². The Labute approximate surface area is 129 Å². The van der Waals surface area contributed by atoms with E-state index in [2.05, 4.69) is 35.3 Å². The molecule has 5 heteroatoms. The molecule has 1 aliphatic rings. The van der Waals surface area contributed by atoms with Crippen LogP contribution in [-0.4, -0.2) is 48.5 Å². The first-order valence-corrected chi connectivity index (χ1v) is 7.90. The summed E-state index contributed by atoms with van der Waals surface area (Å²) in [6.45, 7) is 3.19. The van der Waals surface area contributed by atoms with Crippen LogP contribution < -0.4 is 0 Å². The lowest BCUT2D eigenvalue weighted by Gasteiger charge is -2.36. The average molecular weight is 298 g/mol. The van der Waals surface area contributed by atoms with E-state index < -0.39 is 0 Å². The number of piperazine rings is 1. The third kappa shape index (κ3) is 2.98. The van der Waals surface area contributed by atoms with Crippen LogP contribution in [0.3, 0.4) is 0 Å². The Morgan fingerprint density at radius 3 is 3.00 bits per heavy atom. The molecule has 1 aromatic heterocycles. The molecule has 1 saturated heterocycles. The lowest BCUT2D eigenvalue weighted by molar-refractivity contribution is 0.115. The molecule has 0 aliphatic carbocycles. The van der Waals surface area contributed by atoms with Crippen molar-refractivity contribution in [1.82, 2.24) is 14.8 Å². The van der Waals surface area contributed by atoms with Crippen molar-refractivity contribution in [1.29, 1.82) is 5.26 Å². The van der Waals surface area contributed by atoms with Crippen molar-refractivity contribution >= 4 is 11.3 Å². The molecule has 4 nitrogen and oxygen atoms in total. The standard InChI is InChI=1S/C16H18N4S/c1-19-6-7-20(2)15(10-19)16-18-14(11-21-16)13-5-3-4-12(8-13)9-17/h3-5,8,11,15H,6-7,10H2,1-2H3. The molecule has 3 rings (SSSR count). The summed E-state index contributed by atoms with van der Waals surface area (Å²) in [6, 6.07) is 10.2. The minimum atomic E-state index is 0.363. The van der Waals surface area contributed by atoms with Gasteiger partial charge in [0.15, 0.2) is 0 Å². The van der Waals surface area contributed by atoms with E-state index in [1.54, 1.807) is 11.3 Å². The molecular formula is C16H18N4S. The molecule has 1 aromatic carbocycles. The van der Waals surface area contributed by atoms with Crippen LogP contribution in [0, 0.1) is 11.3 Å². The summed E-state index contributed by atoms with van der Waals surface area (Å²) >= 11 is 1.71. The Hall–Kier alpha value is -1.74. The fourth-order valence-electron chi connectivity index (χ4n) is 2.60. The molecule has 1 atom stereocenters. The van der Waals surface area contributed by atoms with Gasteiger partial charge in [0.2, 0.25) is 0 Å². The van der Waals surface area contributed by atoms with Crippen molar-refractivity contribution < 1.29 is 0 Å². The highest BCUT2D eigenvalue weighted by Crippen LogP contribution is 2.30. The van der Waals surface area contributed by atoms with Crippen molar-refractivity contribution in [2.45, 2.75) is 6.04 Å². The van der Waals surface area contributed by atoms with E-state index in [1.165, 1.54) is 0 Å². The van der Waals surface area contributed by atoms with E-state index in [0.717, 1.165) is 35.9 Å². The summed E-state index contributed by atoms with van der Waals surface area (Å²) in [6.07, 6.45) is 0. The number of thiazole rings is 1. The van der Waals surface area contributed by atoms with Crippen LogP contribution in [0.25, 0.3) is 11.3 Å². The topological polar surface area (TPSA) is 43.2 Å². The molecular weight excluding hydrogens is 280 g/mol. The van der Waals surface area contributed by atoms with Gasteiger partial charge in [-0.1, -0.05) is 12.1 Å². The second kappa shape index (κ2) is 5.94. The highest BCUT2D eigenvalue weighted by atomic mass is 32.1. The molecule has 0 spiro atoms. The van der Waals surface area contributed by atoms with Gasteiger partial charge in [0.25, 0.3) is 0 Å². The van der Waals surface area contributed by atoms with Gasteiger partial charge in [-0.25, -0.2) is 4.98 Å². The maximum Gasteiger partial charge on any atom is 0.112 e. The van der Waals surface area contributed by atoms with Crippen LogP contribution in [0.5, 0.6) is 0 Å². The number of aromatic nitrogens is 1. The first-order valence-electron chi connectivity index (χ1n) is 7.02. The maximum atomic E-state index is 9.00. The van der Waals surface area contributed by atoms with Gasteiger partial charge in [0.1, 0.15) is 5.01 Å². The highest BCUT2D eigenvalue weighted by molar-refractivity contribution is 7.10. The second-order valence-electron chi connectivity index (χ2n) is 5.52. The van der Waals surface area contributed by atoms with Gasteiger partial charge in [0.05, 0.1) is 23.4 Å². The van der Waals surface area contributed by atoms with E-state index in [1.807, 2.05) is 24.3 Å². The second-order valence-corrected chi connectivity index (χ2v) is 6.41. The van der Waals surface area contributed by atoms with Gasteiger partial charge >= 0.3 is 0 Å². The van der Waals surface area contributed by atoms with Crippen LogP contribution >= 0.6 is 11.3 Å². The van der Waals surface area contributed by atoms with Gasteiger partial charge in [-0.05, 0) is 26.2 Å². The van der Waals surface area contributed by atoms with Gasteiger partial charge in [0, 0.05) is 30.6 Å². The van der Waals surface area contributed by atoms with E-state index >= 15 is 0 Å². The summed E-state index contributed by atoms with van der Waals surface area (Å²) in [5.41, 5.74) is 2.66. The molecule has 2 heterocycles. The first kappa shape index (κ1) is 14.2. The van der Waals surface area contributed by atoms with E-state index in [9.17, 15) is 0 Å². The zero-order valence-electron chi connectivity index (χ0n) is 12.3. The number of nitriles is 1. The molecule has 1 aliphatic heterocycles. The quantitative estimate of drug-likeness (QED) is 0.855. The molecule has 0 saturated carbocycles. The minimum Gasteiger partial charge on any atom is -0.303 e. The Balaban J connectivity index is 1.87. The number of nitrogens with zero attached hydrogens (tertiary/aromatic N) is 4. The van der Waals surface area contributed by atoms with Crippen molar-refractivity contribution in [2.24, 2.45) is 0 Å². The summed E-state index contributed by atoms with van der Waals surface area (Å²) in [7, 11) is 4.32. The van der Waals surface area contributed by atoms with Crippen molar-refractivity contribution in [3.8, 4) is 17.3 Å². The van der Waals surface area contributed by atoms with E-state index in [4.69, 9.17) is 10.2 Å². The smallest absolute Gasteiger partial charge is 0.112 e. The number of benzene rings is 1. The predicted molar refractivity (Wildman–Crippen MR) is 85.1 cm³/mol. The average Bonchev–Trinajstić information content (AvgIpc) is 2.99. The van der Waals surface area contributed by atoms with Crippen LogP contribution in [0.4, 0.5) is 0 Å². The van der Waals surface area contributed by atoms with Crippen LogP contribution in [0.1, 0.15) is 16.6 Å². The van der Waals surface area contributed by atoms with Crippen molar-refractivity contribution in [2.75, 3.05) is 33.7 Å². The molecule has 1 unspecified atom stereocenters. The summed E-state index contributed by atoms with van der Waals surface area (Å²) in [4.78, 5) is 9.52. The van der Waals surface area contributed by atoms with Gasteiger partial charge in [-0.15, -0.1) is 11.3 Å². The SMILES string of the molecule is CN1CCN(C)C(c2nc(-c3cccc(C#N)c3)cs2)C1. The molecule has 0 bridgehead atoms. The van der Waals surface area contributed by atoms with Crippen LogP contribution in [-0.2, 0) is 0 Å². The molecule has 108 valence electrons. The molecule has 0 amide bonds. The number of rotatable bonds is 2. The molecule has 1 fully saturated rings. The van der Waals surface area contributed by atoms with Crippen molar-refractivity contribution in [3.63, 3.8) is 0 Å². The van der Waals surface area contributed by atoms with Gasteiger partial charge in [-0.3, -0.25) is 4.90 Å². The molecule has 21 heavy (non-hydrogen) atoms. The highest BCUT2D eigenvalue weighted by Gasteiger charge is 2.26. The Morgan fingerprint density at radius 1 is 1.33 bits per heavy atom. The fraction of sp³-hybridized carbons (Fsp3) is 0.375. The van der Waals surface area contributed by atoms with Crippen LogP contribution in [0.2, 0.25) is 0 Å². The van der Waals surface area contributed by atoms with Gasteiger partial charge < -0.3 is 4.90 Å². The first-order chi connectivity index (χ1) is 10.2. The lowest BCUT2D eigenvalue weighted by Crippen LogP contribution is -2.44. The third-order valence-electron chi connectivity index (χ3n) is 3.95. The monoisotopic (exact) mass is 298 g/mol. The predicted octanol–water partition coefficient (Wildman–Crippen LogP) is 2.60. The lowest BCUT2D eigenvalue weighted by atomic mass is 10.1.